The molecule has 11 nitrogen and oxygen atoms in total. The third-order valence-electron chi connectivity index (χ3n) is 17.7. The molecule has 0 spiro atoms. The van der Waals surface area contributed by atoms with Crippen molar-refractivity contribution in [3.8, 4) is 5.75 Å². The molecule has 0 saturated heterocycles. The molecule has 2 N–H and O–H groups in total. The lowest BCUT2D eigenvalue weighted by molar-refractivity contribution is -0.151. The summed E-state index contributed by atoms with van der Waals surface area (Å²) in [7, 11) is 1.62. The van der Waals surface area contributed by atoms with Crippen LogP contribution in [0.15, 0.2) is 35.9 Å². The van der Waals surface area contributed by atoms with Crippen molar-refractivity contribution >= 4 is 24.1 Å². The number of alkyl carbamates (subject to hydrolysis) is 2. The van der Waals surface area contributed by atoms with E-state index in [0.29, 0.717) is 31.3 Å². The lowest BCUT2D eigenvalue weighted by Crippen LogP contribution is -2.51. The van der Waals surface area contributed by atoms with Crippen LogP contribution in [0.2, 0.25) is 0 Å². The van der Waals surface area contributed by atoms with Gasteiger partial charge in [-0.15, -0.1) is 0 Å². The van der Waals surface area contributed by atoms with Crippen molar-refractivity contribution in [2.24, 2.45) is 46.3 Å². The van der Waals surface area contributed by atoms with E-state index < -0.39 is 28.9 Å². The van der Waals surface area contributed by atoms with E-state index in [9.17, 15) is 19.2 Å². The number of unbranched alkanes of at least 4 members (excludes halogenated alkanes) is 4. The van der Waals surface area contributed by atoms with Gasteiger partial charge in [-0.2, -0.15) is 0 Å². The summed E-state index contributed by atoms with van der Waals surface area (Å²) in [5.41, 5.74) is 1.47. The maximum atomic E-state index is 13.9. The predicted octanol–water partition coefficient (Wildman–Crippen LogP) is 14.7. The first kappa shape index (κ1) is 59.1. The number of allylic oxidation sites excluding steroid dienone is 1. The number of fused-ring (bicyclic) bond motifs is 5. The first-order valence-corrected chi connectivity index (χ1v) is 28.6. The number of methoxy groups -OCH3 is 1. The quantitative estimate of drug-likeness (QED) is 0.0406. The number of nitrogens with one attached hydrogen (secondary N) is 2. The molecule has 3 saturated carbocycles. The van der Waals surface area contributed by atoms with Crippen LogP contribution in [0.3, 0.4) is 0 Å². The van der Waals surface area contributed by atoms with Crippen molar-refractivity contribution in [2.75, 3.05) is 20.2 Å². The second-order valence-corrected chi connectivity index (χ2v) is 26.1. The number of carbonyl (C=O) groups is 4. The Morgan fingerprint density at radius 2 is 1.42 bits per heavy atom. The molecule has 1 aromatic carbocycles. The van der Waals surface area contributed by atoms with Crippen molar-refractivity contribution in [3.05, 3.63) is 41.5 Å². The minimum atomic E-state index is -0.614. The molecule has 8 atom stereocenters. The number of nitrogens with zero attached hydrogens (tertiary/aromatic N) is 1. The number of rotatable bonds is 26. The van der Waals surface area contributed by atoms with Gasteiger partial charge in [0, 0.05) is 43.4 Å². The van der Waals surface area contributed by atoms with Gasteiger partial charge in [0.25, 0.3) is 0 Å². The summed E-state index contributed by atoms with van der Waals surface area (Å²) < 4.78 is 22.4. The molecule has 0 aromatic heterocycles. The van der Waals surface area contributed by atoms with Crippen LogP contribution >= 0.6 is 0 Å². The number of hydrogen-bond acceptors (Lipinski definition) is 8. The number of amides is 3. The maximum Gasteiger partial charge on any atom is 0.408 e. The summed E-state index contributed by atoms with van der Waals surface area (Å²) in [6.07, 6.45) is 22.3. The van der Waals surface area contributed by atoms with Crippen LogP contribution < -0.4 is 15.4 Å². The average molecular weight is 1000 g/mol. The summed E-state index contributed by atoms with van der Waals surface area (Å²) >= 11 is 0. The summed E-state index contributed by atoms with van der Waals surface area (Å²) in [5, 5.41) is 6.00. The fourth-order valence-electron chi connectivity index (χ4n) is 13.6. The van der Waals surface area contributed by atoms with E-state index >= 15 is 0 Å². The topological polar surface area (TPSA) is 132 Å². The van der Waals surface area contributed by atoms with Gasteiger partial charge in [0.2, 0.25) is 5.91 Å². The van der Waals surface area contributed by atoms with E-state index in [0.717, 1.165) is 105 Å². The van der Waals surface area contributed by atoms with Crippen LogP contribution in [0, 0.1) is 46.3 Å². The van der Waals surface area contributed by atoms with E-state index in [2.05, 4.69) is 51.3 Å². The first-order valence-electron chi connectivity index (χ1n) is 28.6. The zero-order chi connectivity index (χ0) is 52.9. The maximum absolute atomic E-state index is 13.9. The SMILES string of the molecule is COc1ccc(COC(=O)NC(C)(C)CCCCCCCN(CCC(C)(C)NC(=O)OC(C)(C)C)C(=O)CCCC(=O)O[C@H]2CC[C@@]3(C)C(=CC[C@H]4[C@@H]5CC[C@H](C(C)CCCC(C)C)[C@@]5(C)CC[C@@H]43)C2)cc1. The first-order chi connectivity index (χ1) is 33.8. The van der Waals surface area contributed by atoms with E-state index in [-0.39, 0.29) is 42.8 Å². The van der Waals surface area contributed by atoms with E-state index in [4.69, 9.17) is 18.9 Å². The standard InChI is InChI=1S/C61H101N3O8/c1-43(2)21-19-22-44(3)50-31-32-51-49-30-27-46-41-48(33-36-60(46,11)52(49)34-37-61(50,51)12)71-54(66)24-20-23-53(65)64(40-38-59(9,10)63-56(68)72-57(4,5)6)39-18-16-14-15-17-35-58(7,8)62-55(67)70-42-45-25-28-47(69-13)29-26-45/h25-29,43-44,48-52H,14-24,30-42H2,1-13H3,(H,62,67)(H,63,68)/t44?,48-,49-,50+,51-,52-,60-,61+/m0/s1. The van der Waals surface area contributed by atoms with Gasteiger partial charge in [-0.25, -0.2) is 9.59 Å². The van der Waals surface area contributed by atoms with E-state index in [1.807, 2.05) is 77.6 Å². The van der Waals surface area contributed by atoms with Crippen LogP contribution in [0.5, 0.6) is 5.75 Å². The second-order valence-electron chi connectivity index (χ2n) is 26.1. The van der Waals surface area contributed by atoms with Gasteiger partial charge in [0.15, 0.2) is 0 Å². The minimum Gasteiger partial charge on any atom is -0.497 e. The lowest BCUT2D eigenvalue weighted by Gasteiger charge is -2.58. The third-order valence-corrected chi connectivity index (χ3v) is 17.7. The Kier molecular flexibility index (Phi) is 21.5. The highest BCUT2D eigenvalue weighted by Crippen LogP contribution is 2.67. The van der Waals surface area contributed by atoms with Gasteiger partial charge in [-0.1, -0.05) is 103 Å². The molecule has 1 unspecified atom stereocenters. The average Bonchev–Trinajstić information content (AvgIpc) is 3.65. The third kappa shape index (κ3) is 17.4. The van der Waals surface area contributed by atoms with Crippen LogP contribution in [0.25, 0.3) is 0 Å². The van der Waals surface area contributed by atoms with Crippen LogP contribution in [0.4, 0.5) is 9.59 Å². The number of ether oxygens (including phenoxy) is 4. The minimum absolute atomic E-state index is 0.0238. The van der Waals surface area contributed by atoms with Gasteiger partial charge in [-0.3, -0.25) is 9.59 Å². The smallest absolute Gasteiger partial charge is 0.408 e. The number of benzene rings is 1. The summed E-state index contributed by atoms with van der Waals surface area (Å²) in [6, 6.07) is 7.45. The van der Waals surface area contributed by atoms with Crippen molar-refractivity contribution in [3.63, 3.8) is 0 Å². The Morgan fingerprint density at radius 1 is 0.736 bits per heavy atom. The fraction of sp³-hybridized carbons (Fsp3) is 0.803. The largest absolute Gasteiger partial charge is 0.497 e. The molecule has 4 aliphatic rings. The summed E-state index contributed by atoms with van der Waals surface area (Å²) in [4.78, 5) is 54.4. The Morgan fingerprint density at radius 3 is 2.11 bits per heavy atom. The Labute approximate surface area is 437 Å². The molecule has 3 amide bonds. The highest BCUT2D eigenvalue weighted by molar-refractivity contribution is 5.77. The molecule has 72 heavy (non-hydrogen) atoms. The van der Waals surface area contributed by atoms with Crippen LogP contribution in [-0.4, -0.2) is 71.9 Å². The number of esters is 1. The monoisotopic (exact) mass is 1000 g/mol. The van der Waals surface area contributed by atoms with Crippen molar-refractivity contribution < 1.29 is 38.1 Å². The molecule has 4 aliphatic carbocycles. The van der Waals surface area contributed by atoms with Gasteiger partial charge >= 0.3 is 18.2 Å². The summed E-state index contributed by atoms with van der Waals surface area (Å²) in [5.74, 6) is 5.38. The number of carbonyl (C=O) groups excluding carboxylic acids is 4. The molecule has 3 fully saturated rings. The van der Waals surface area contributed by atoms with Crippen molar-refractivity contribution in [2.45, 2.75) is 247 Å². The molecule has 0 heterocycles. The molecule has 0 radical (unpaired) electrons. The van der Waals surface area contributed by atoms with Gasteiger partial charge in [-0.05, 0) is 183 Å². The van der Waals surface area contributed by atoms with E-state index in [1.165, 1.54) is 56.9 Å². The Balaban J connectivity index is 1.05. The predicted molar refractivity (Wildman–Crippen MR) is 290 cm³/mol. The Hall–Kier alpha value is -3.76. The molecule has 408 valence electrons. The van der Waals surface area contributed by atoms with Crippen LogP contribution in [-0.2, 0) is 30.4 Å². The molecular weight excluding hydrogens is 903 g/mol. The van der Waals surface area contributed by atoms with Gasteiger partial charge in [0.1, 0.15) is 24.1 Å². The molecule has 1 aromatic rings. The Bertz CT molecular complexity index is 1940. The van der Waals surface area contributed by atoms with E-state index in [1.54, 1.807) is 7.11 Å². The van der Waals surface area contributed by atoms with Crippen LogP contribution in [0.1, 0.15) is 223 Å². The molecule has 5 rings (SSSR count). The summed E-state index contributed by atoms with van der Waals surface area (Å²) in [6.45, 7) is 27.2. The highest BCUT2D eigenvalue weighted by atomic mass is 16.6. The number of hydrogen-bond donors (Lipinski definition) is 2. The van der Waals surface area contributed by atoms with Crippen molar-refractivity contribution in [1.29, 1.82) is 0 Å². The normalized spacial score (nSPS) is 25.5. The molecular formula is C61H101N3O8. The second kappa shape index (κ2) is 26.1. The molecule has 0 aliphatic heterocycles. The molecule has 0 bridgehead atoms. The fourth-order valence-corrected chi connectivity index (χ4v) is 13.6. The van der Waals surface area contributed by atoms with Gasteiger partial charge in [0.05, 0.1) is 7.11 Å². The zero-order valence-corrected chi connectivity index (χ0v) is 47.6. The van der Waals surface area contributed by atoms with Crippen molar-refractivity contribution in [1.82, 2.24) is 15.5 Å². The highest BCUT2D eigenvalue weighted by Gasteiger charge is 2.59. The van der Waals surface area contributed by atoms with Gasteiger partial charge < -0.3 is 34.5 Å². The molecule has 11 heteroatoms. The zero-order valence-electron chi connectivity index (χ0n) is 47.6. The lowest BCUT2D eigenvalue weighted by atomic mass is 9.47.